The molecular weight excluding hydrogens is 395 g/mol. The zero-order valence-electron chi connectivity index (χ0n) is 17.0. The smallest absolute Gasteiger partial charge is 0.0958 e. The van der Waals surface area contributed by atoms with Gasteiger partial charge in [0, 0.05) is 23.4 Å². The van der Waals surface area contributed by atoms with Gasteiger partial charge in [0.05, 0.1) is 11.2 Å². The second-order valence-corrected chi connectivity index (χ2v) is 9.36. The van der Waals surface area contributed by atoms with Crippen LogP contribution in [0.15, 0.2) is 126 Å². The van der Waals surface area contributed by atoms with E-state index in [0.717, 1.165) is 22.2 Å². The van der Waals surface area contributed by atoms with Crippen molar-refractivity contribution in [2.75, 3.05) is 0 Å². The zero-order valence-corrected chi connectivity index (χ0v) is 17.9. The van der Waals surface area contributed by atoms with Gasteiger partial charge in [0.25, 0.3) is 0 Å². The van der Waals surface area contributed by atoms with Crippen LogP contribution in [0, 0.1) is 0 Å². The van der Waals surface area contributed by atoms with Gasteiger partial charge in [0.1, 0.15) is 0 Å². The summed E-state index contributed by atoms with van der Waals surface area (Å²) in [6.07, 6.45) is 3.80. The van der Waals surface area contributed by atoms with Crippen molar-refractivity contribution in [2.24, 2.45) is 4.99 Å². The Labute approximate surface area is 183 Å². The van der Waals surface area contributed by atoms with Crippen LogP contribution in [-0.2, 0) is 0 Å². The number of hydrogen-bond donors (Lipinski definition) is 0. The second-order valence-electron chi connectivity index (χ2n) is 7.18. The first-order chi connectivity index (χ1) is 15.4. The van der Waals surface area contributed by atoms with E-state index in [1.807, 2.05) is 30.6 Å². The molecule has 0 amide bonds. The summed E-state index contributed by atoms with van der Waals surface area (Å²) in [6, 6.07) is 40.2. The zero-order chi connectivity index (χ0) is 20.9. The van der Waals surface area contributed by atoms with Gasteiger partial charge in [-0.15, -0.1) is 0 Å². The standard InChI is InChI=1S/C28H21N2P/c1-3-14-24(15-4-1)31(25-16-5-2-6-17-25)27-19-8-7-11-23(27)21-30-26-18-9-12-22-13-10-20-29-28(22)26/h1-21H. The highest BCUT2D eigenvalue weighted by Gasteiger charge is 2.18. The summed E-state index contributed by atoms with van der Waals surface area (Å²) in [6.45, 7) is 0. The molecule has 0 spiro atoms. The Morgan fingerprint density at radius 1 is 0.613 bits per heavy atom. The van der Waals surface area contributed by atoms with Gasteiger partial charge in [0.15, 0.2) is 0 Å². The summed E-state index contributed by atoms with van der Waals surface area (Å²) in [5.41, 5.74) is 2.94. The van der Waals surface area contributed by atoms with Gasteiger partial charge in [-0.1, -0.05) is 103 Å². The van der Waals surface area contributed by atoms with Crippen LogP contribution in [0.1, 0.15) is 5.56 Å². The van der Waals surface area contributed by atoms with Gasteiger partial charge in [-0.2, -0.15) is 0 Å². The number of rotatable bonds is 5. The van der Waals surface area contributed by atoms with Crippen LogP contribution in [0.4, 0.5) is 5.69 Å². The predicted molar refractivity (Wildman–Crippen MR) is 134 cm³/mol. The molecule has 148 valence electrons. The van der Waals surface area contributed by atoms with Crippen LogP contribution in [0.25, 0.3) is 10.9 Å². The van der Waals surface area contributed by atoms with E-state index in [-0.39, 0.29) is 0 Å². The average molecular weight is 416 g/mol. The number of nitrogens with zero attached hydrogens (tertiary/aromatic N) is 2. The molecule has 5 rings (SSSR count). The number of pyridine rings is 1. The molecule has 0 radical (unpaired) electrons. The van der Waals surface area contributed by atoms with Crippen LogP contribution in [0.3, 0.4) is 0 Å². The van der Waals surface area contributed by atoms with Crippen LogP contribution in [0.2, 0.25) is 0 Å². The minimum absolute atomic E-state index is 0.689. The van der Waals surface area contributed by atoms with E-state index < -0.39 is 7.92 Å². The summed E-state index contributed by atoms with van der Waals surface area (Å²) in [7, 11) is -0.689. The normalized spacial score (nSPS) is 11.4. The highest BCUT2D eigenvalue weighted by molar-refractivity contribution is 7.80. The van der Waals surface area contributed by atoms with Gasteiger partial charge in [-0.3, -0.25) is 9.98 Å². The molecule has 0 saturated carbocycles. The van der Waals surface area contributed by atoms with Crippen LogP contribution < -0.4 is 15.9 Å². The molecular formula is C28H21N2P. The number of aliphatic imine (C=N–C) groups is 1. The van der Waals surface area contributed by atoms with Gasteiger partial charge >= 0.3 is 0 Å². The highest BCUT2D eigenvalue weighted by atomic mass is 31.1. The Kier molecular flexibility index (Phi) is 5.64. The molecule has 0 atom stereocenters. The number of aromatic nitrogens is 1. The largest absolute Gasteiger partial charge is 0.254 e. The fourth-order valence-corrected chi connectivity index (χ4v) is 6.13. The van der Waals surface area contributed by atoms with E-state index in [1.165, 1.54) is 15.9 Å². The number of benzene rings is 4. The Hall–Kier alpha value is -3.61. The third-order valence-corrected chi connectivity index (χ3v) is 7.68. The quantitative estimate of drug-likeness (QED) is 0.265. The third-order valence-electron chi connectivity index (χ3n) is 5.16. The minimum Gasteiger partial charge on any atom is -0.254 e. The fraction of sp³-hybridized carbons (Fsp3) is 0. The van der Waals surface area contributed by atoms with Gasteiger partial charge in [-0.25, -0.2) is 0 Å². The molecule has 0 aliphatic heterocycles. The number of fused-ring (bicyclic) bond motifs is 1. The molecule has 0 aliphatic rings. The minimum atomic E-state index is -0.689. The van der Waals surface area contributed by atoms with E-state index in [4.69, 9.17) is 4.99 Å². The third kappa shape index (κ3) is 4.17. The van der Waals surface area contributed by atoms with Crippen molar-refractivity contribution in [3.05, 3.63) is 127 Å². The van der Waals surface area contributed by atoms with Crippen molar-refractivity contribution in [3.8, 4) is 0 Å². The lowest BCUT2D eigenvalue weighted by molar-refractivity contribution is 1.39. The highest BCUT2D eigenvalue weighted by Crippen LogP contribution is 2.34. The summed E-state index contributed by atoms with van der Waals surface area (Å²) in [5.74, 6) is 0. The summed E-state index contributed by atoms with van der Waals surface area (Å²) >= 11 is 0. The molecule has 1 heterocycles. The van der Waals surface area contributed by atoms with E-state index >= 15 is 0 Å². The van der Waals surface area contributed by atoms with Gasteiger partial charge < -0.3 is 0 Å². The van der Waals surface area contributed by atoms with E-state index in [0.29, 0.717) is 0 Å². The molecule has 0 bridgehead atoms. The molecule has 4 aromatic carbocycles. The molecule has 5 aromatic rings. The van der Waals surface area contributed by atoms with Crippen molar-refractivity contribution in [3.63, 3.8) is 0 Å². The first kappa shape index (κ1) is 19.4. The number of para-hydroxylation sites is 1. The van der Waals surface area contributed by atoms with E-state index in [9.17, 15) is 0 Å². The van der Waals surface area contributed by atoms with Crippen molar-refractivity contribution in [2.45, 2.75) is 0 Å². The lowest BCUT2D eigenvalue weighted by Crippen LogP contribution is -2.23. The SMILES string of the molecule is C(=Nc1cccc2cccnc12)c1ccccc1P(c1ccccc1)c1ccccc1. The molecule has 3 heteroatoms. The monoisotopic (exact) mass is 416 g/mol. The molecule has 2 nitrogen and oxygen atoms in total. The van der Waals surface area contributed by atoms with Gasteiger partial charge in [0.2, 0.25) is 0 Å². The molecule has 0 aliphatic carbocycles. The van der Waals surface area contributed by atoms with E-state index in [2.05, 4.69) is 102 Å². The first-order valence-electron chi connectivity index (χ1n) is 10.3. The van der Waals surface area contributed by atoms with Crippen molar-refractivity contribution >= 4 is 46.6 Å². The van der Waals surface area contributed by atoms with Crippen LogP contribution in [-0.4, -0.2) is 11.2 Å². The van der Waals surface area contributed by atoms with Crippen molar-refractivity contribution < 1.29 is 0 Å². The molecule has 0 unspecified atom stereocenters. The molecule has 31 heavy (non-hydrogen) atoms. The molecule has 1 aromatic heterocycles. The maximum atomic E-state index is 4.86. The van der Waals surface area contributed by atoms with Gasteiger partial charge in [-0.05, 0) is 36.0 Å². The maximum absolute atomic E-state index is 4.86. The van der Waals surface area contributed by atoms with E-state index in [1.54, 1.807) is 0 Å². The first-order valence-corrected chi connectivity index (χ1v) is 11.6. The molecule has 0 fully saturated rings. The van der Waals surface area contributed by atoms with Crippen LogP contribution >= 0.6 is 7.92 Å². The Bertz CT molecular complexity index is 1290. The Morgan fingerprint density at radius 3 is 2.00 bits per heavy atom. The number of hydrogen-bond acceptors (Lipinski definition) is 2. The Balaban J connectivity index is 1.61. The van der Waals surface area contributed by atoms with Crippen LogP contribution in [0.5, 0.6) is 0 Å². The summed E-state index contributed by atoms with van der Waals surface area (Å²) in [4.78, 5) is 9.39. The average Bonchev–Trinajstić information content (AvgIpc) is 2.85. The second kappa shape index (κ2) is 9.04. The summed E-state index contributed by atoms with van der Waals surface area (Å²) in [5, 5.41) is 5.06. The topological polar surface area (TPSA) is 25.2 Å². The lowest BCUT2D eigenvalue weighted by atomic mass is 10.2. The predicted octanol–water partition coefficient (Wildman–Crippen LogP) is 5.74. The van der Waals surface area contributed by atoms with Crippen molar-refractivity contribution in [1.29, 1.82) is 0 Å². The van der Waals surface area contributed by atoms with Crippen molar-refractivity contribution in [1.82, 2.24) is 4.98 Å². The fourth-order valence-electron chi connectivity index (χ4n) is 3.71. The molecule has 0 N–H and O–H groups in total. The summed E-state index contributed by atoms with van der Waals surface area (Å²) < 4.78 is 0. The maximum Gasteiger partial charge on any atom is 0.0958 e. The Morgan fingerprint density at radius 2 is 1.26 bits per heavy atom. The molecule has 0 saturated heterocycles. The lowest BCUT2D eigenvalue weighted by Gasteiger charge is -2.21.